The molecule has 3 rings (SSSR count). The van der Waals surface area contributed by atoms with Crippen LogP contribution in [0.5, 0.6) is 0 Å². The molecule has 0 spiro atoms. The lowest BCUT2D eigenvalue weighted by Crippen LogP contribution is -2.22. The van der Waals surface area contributed by atoms with Gasteiger partial charge in [-0.15, -0.1) is 10.2 Å². The Morgan fingerprint density at radius 1 is 1.17 bits per heavy atom. The molecule has 0 aliphatic carbocycles. The molecule has 1 aliphatic heterocycles. The molecule has 0 amide bonds. The number of ether oxygens (including phenoxy) is 1. The lowest BCUT2D eigenvalue weighted by molar-refractivity contribution is 0.243. The van der Waals surface area contributed by atoms with Crippen molar-refractivity contribution in [2.24, 2.45) is 10.2 Å². The molecule has 1 aromatic carbocycles. The van der Waals surface area contributed by atoms with Crippen LogP contribution in [0.4, 0.5) is 0 Å². The molecule has 5 heteroatoms. The molecular formula is C13H11N4O. The SMILES string of the molecule is COCC1=NN=C(c2cnc3ccccc3c2)[N]1. The first kappa shape index (κ1) is 10.9. The number of pyridine rings is 1. The lowest BCUT2D eigenvalue weighted by atomic mass is 10.1. The average molecular weight is 239 g/mol. The van der Waals surface area contributed by atoms with Crippen LogP contribution in [0.3, 0.4) is 0 Å². The highest BCUT2D eigenvalue weighted by molar-refractivity contribution is 6.12. The van der Waals surface area contributed by atoms with Gasteiger partial charge in [0.15, 0.2) is 11.7 Å². The van der Waals surface area contributed by atoms with Gasteiger partial charge in [0.1, 0.15) is 6.61 Å². The van der Waals surface area contributed by atoms with E-state index in [1.165, 1.54) is 0 Å². The largest absolute Gasteiger partial charge is 0.377 e. The number of para-hydroxylation sites is 1. The normalized spacial score (nSPS) is 14.3. The summed E-state index contributed by atoms with van der Waals surface area (Å²) in [5, 5.41) is 13.3. The molecule has 2 heterocycles. The van der Waals surface area contributed by atoms with Crippen LogP contribution < -0.4 is 5.32 Å². The second kappa shape index (κ2) is 4.54. The number of amidine groups is 2. The van der Waals surface area contributed by atoms with Crippen LogP contribution in [-0.2, 0) is 4.74 Å². The Bertz CT molecular complexity index is 648. The number of rotatable bonds is 3. The van der Waals surface area contributed by atoms with E-state index in [1.807, 2.05) is 30.3 Å². The van der Waals surface area contributed by atoms with Crippen molar-refractivity contribution in [1.82, 2.24) is 10.3 Å². The van der Waals surface area contributed by atoms with Crippen LogP contribution in [0.15, 0.2) is 46.7 Å². The molecule has 2 aromatic rings. The second-order valence-electron chi connectivity index (χ2n) is 3.90. The zero-order valence-corrected chi connectivity index (χ0v) is 9.87. The van der Waals surface area contributed by atoms with E-state index in [1.54, 1.807) is 13.3 Å². The van der Waals surface area contributed by atoms with Crippen molar-refractivity contribution in [2.75, 3.05) is 13.7 Å². The van der Waals surface area contributed by atoms with Gasteiger partial charge in [0.25, 0.3) is 0 Å². The van der Waals surface area contributed by atoms with Crippen LogP contribution in [-0.4, -0.2) is 30.4 Å². The number of nitrogens with zero attached hydrogens (tertiary/aromatic N) is 4. The molecule has 0 saturated heterocycles. The zero-order chi connectivity index (χ0) is 12.4. The van der Waals surface area contributed by atoms with E-state index in [-0.39, 0.29) is 0 Å². The van der Waals surface area contributed by atoms with E-state index in [9.17, 15) is 0 Å². The first-order valence-corrected chi connectivity index (χ1v) is 5.57. The summed E-state index contributed by atoms with van der Waals surface area (Å²) >= 11 is 0. The highest BCUT2D eigenvalue weighted by Gasteiger charge is 2.15. The van der Waals surface area contributed by atoms with Gasteiger partial charge in [-0.1, -0.05) is 18.2 Å². The Morgan fingerprint density at radius 3 is 2.94 bits per heavy atom. The van der Waals surface area contributed by atoms with Crippen molar-refractivity contribution >= 4 is 22.6 Å². The Morgan fingerprint density at radius 2 is 2.06 bits per heavy atom. The fourth-order valence-electron chi connectivity index (χ4n) is 1.78. The predicted octanol–water partition coefficient (Wildman–Crippen LogP) is 1.56. The monoisotopic (exact) mass is 239 g/mol. The summed E-state index contributed by atoms with van der Waals surface area (Å²) in [5.41, 5.74) is 1.82. The van der Waals surface area contributed by atoms with E-state index in [2.05, 4.69) is 20.5 Å². The number of hydrogen-bond donors (Lipinski definition) is 0. The Labute approximate surface area is 104 Å². The van der Waals surface area contributed by atoms with Gasteiger partial charge in [-0.2, -0.15) is 0 Å². The number of methoxy groups -OCH3 is 1. The molecule has 0 N–H and O–H groups in total. The van der Waals surface area contributed by atoms with Gasteiger partial charge in [0.05, 0.1) is 5.52 Å². The number of aromatic nitrogens is 1. The van der Waals surface area contributed by atoms with E-state index in [4.69, 9.17) is 4.74 Å². The topological polar surface area (TPSA) is 60.9 Å². The van der Waals surface area contributed by atoms with Crippen molar-refractivity contribution in [1.29, 1.82) is 0 Å². The van der Waals surface area contributed by atoms with Crippen LogP contribution in [0.2, 0.25) is 0 Å². The first-order chi connectivity index (χ1) is 8.86. The highest BCUT2D eigenvalue weighted by atomic mass is 16.5. The third kappa shape index (κ3) is 1.96. The van der Waals surface area contributed by atoms with Crippen LogP contribution in [0.1, 0.15) is 5.56 Å². The summed E-state index contributed by atoms with van der Waals surface area (Å²) in [6.07, 6.45) is 1.76. The van der Waals surface area contributed by atoms with Crippen molar-refractivity contribution in [3.8, 4) is 0 Å². The number of fused-ring (bicyclic) bond motifs is 1. The van der Waals surface area contributed by atoms with E-state index in [0.29, 0.717) is 18.3 Å². The summed E-state index contributed by atoms with van der Waals surface area (Å²) < 4.78 is 4.97. The van der Waals surface area contributed by atoms with Crippen molar-refractivity contribution in [3.63, 3.8) is 0 Å². The quantitative estimate of drug-likeness (QED) is 0.816. The minimum atomic E-state index is 0.369. The molecule has 1 radical (unpaired) electrons. The third-order valence-corrected chi connectivity index (χ3v) is 2.62. The minimum absolute atomic E-state index is 0.369. The van der Waals surface area contributed by atoms with Gasteiger partial charge >= 0.3 is 0 Å². The van der Waals surface area contributed by atoms with Gasteiger partial charge in [0.2, 0.25) is 0 Å². The third-order valence-electron chi connectivity index (χ3n) is 2.62. The molecule has 0 saturated carbocycles. The van der Waals surface area contributed by atoms with Gasteiger partial charge < -0.3 is 4.74 Å². The van der Waals surface area contributed by atoms with E-state index < -0.39 is 0 Å². The summed E-state index contributed by atoms with van der Waals surface area (Å²) in [6.45, 7) is 0.369. The molecule has 18 heavy (non-hydrogen) atoms. The maximum atomic E-state index is 4.97. The fraction of sp³-hybridized carbons (Fsp3) is 0.154. The first-order valence-electron chi connectivity index (χ1n) is 5.57. The van der Waals surface area contributed by atoms with Crippen LogP contribution in [0.25, 0.3) is 10.9 Å². The Hall–Kier alpha value is -2.27. The zero-order valence-electron chi connectivity index (χ0n) is 9.87. The predicted molar refractivity (Wildman–Crippen MR) is 69.7 cm³/mol. The van der Waals surface area contributed by atoms with Crippen LogP contribution >= 0.6 is 0 Å². The summed E-state index contributed by atoms with van der Waals surface area (Å²) in [6, 6.07) is 9.94. The molecule has 0 bridgehead atoms. The molecule has 1 aliphatic rings. The average Bonchev–Trinajstić information content (AvgIpc) is 2.87. The van der Waals surface area contributed by atoms with Gasteiger partial charge in [-0.3, -0.25) is 4.98 Å². The fourth-order valence-corrected chi connectivity index (χ4v) is 1.78. The Balaban J connectivity index is 1.88. The molecule has 89 valence electrons. The summed E-state index contributed by atoms with van der Waals surface area (Å²) in [5.74, 6) is 1.17. The van der Waals surface area contributed by atoms with Gasteiger partial charge in [-0.05, 0) is 12.1 Å². The maximum Gasteiger partial charge on any atom is 0.185 e. The molecule has 0 fully saturated rings. The lowest BCUT2D eigenvalue weighted by Gasteiger charge is -2.02. The molecule has 1 aromatic heterocycles. The smallest absolute Gasteiger partial charge is 0.185 e. The number of benzene rings is 1. The van der Waals surface area contributed by atoms with Crippen molar-refractivity contribution < 1.29 is 4.74 Å². The second-order valence-corrected chi connectivity index (χ2v) is 3.90. The molecule has 0 unspecified atom stereocenters. The Kier molecular flexibility index (Phi) is 2.74. The standard InChI is InChI=1S/C13H11N4O/c1-18-8-12-15-13(17-16-12)10-6-9-4-2-3-5-11(9)14-7-10/h2-7H,8H2,1H3. The summed E-state index contributed by atoms with van der Waals surface area (Å²) in [4.78, 5) is 4.37. The van der Waals surface area contributed by atoms with Crippen molar-refractivity contribution in [3.05, 3.63) is 42.1 Å². The molecular weight excluding hydrogens is 228 g/mol. The molecule has 0 atom stereocenters. The minimum Gasteiger partial charge on any atom is -0.377 e. The van der Waals surface area contributed by atoms with Gasteiger partial charge in [-0.25, -0.2) is 5.32 Å². The van der Waals surface area contributed by atoms with Crippen LogP contribution in [0, 0.1) is 0 Å². The van der Waals surface area contributed by atoms with Gasteiger partial charge in [0, 0.05) is 24.3 Å². The number of hydrogen-bond acceptors (Lipinski definition) is 4. The highest BCUT2D eigenvalue weighted by Crippen LogP contribution is 2.14. The van der Waals surface area contributed by atoms with E-state index >= 15 is 0 Å². The van der Waals surface area contributed by atoms with Crippen molar-refractivity contribution in [2.45, 2.75) is 0 Å². The van der Waals surface area contributed by atoms with E-state index in [0.717, 1.165) is 16.5 Å². The summed E-state index contributed by atoms with van der Waals surface area (Å²) in [7, 11) is 1.60. The maximum absolute atomic E-state index is 4.97. The molecule has 5 nitrogen and oxygen atoms in total.